The van der Waals surface area contributed by atoms with Gasteiger partial charge in [-0.05, 0) is 23.8 Å². The summed E-state index contributed by atoms with van der Waals surface area (Å²) in [4.78, 5) is 14.7. The lowest BCUT2D eigenvalue weighted by Crippen LogP contribution is -1.90. The Morgan fingerprint density at radius 3 is 2.76 bits per heavy atom. The molecule has 2 rings (SSSR count). The smallest absolute Gasteiger partial charge is 0.153 e. The largest absolute Gasteiger partial charge is 0.495 e. The van der Waals surface area contributed by atoms with Gasteiger partial charge in [0.2, 0.25) is 0 Å². The number of nitrogens with zero attached hydrogens (tertiary/aromatic N) is 1. The SMILES string of the molecule is COc1cncc(-c2ccc(F)c(C=O)c2)c1. The molecule has 1 aromatic heterocycles. The monoisotopic (exact) mass is 231 g/mol. The lowest BCUT2D eigenvalue weighted by Gasteiger charge is -2.05. The Bertz CT molecular complexity index is 555. The van der Waals surface area contributed by atoms with Gasteiger partial charge in [-0.2, -0.15) is 0 Å². The molecule has 0 saturated heterocycles. The van der Waals surface area contributed by atoms with Gasteiger partial charge in [-0.15, -0.1) is 0 Å². The van der Waals surface area contributed by atoms with Crippen molar-refractivity contribution >= 4 is 6.29 Å². The average molecular weight is 231 g/mol. The highest BCUT2D eigenvalue weighted by molar-refractivity contribution is 5.79. The fourth-order valence-corrected chi connectivity index (χ4v) is 1.50. The minimum atomic E-state index is -0.528. The number of hydrogen-bond donors (Lipinski definition) is 0. The maximum atomic E-state index is 13.2. The van der Waals surface area contributed by atoms with Gasteiger partial charge in [0.1, 0.15) is 11.6 Å². The zero-order chi connectivity index (χ0) is 12.3. The van der Waals surface area contributed by atoms with Crippen molar-refractivity contribution in [2.75, 3.05) is 7.11 Å². The average Bonchev–Trinajstić information content (AvgIpc) is 2.39. The first-order chi connectivity index (χ1) is 8.24. The molecule has 0 spiro atoms. The van der Waals surface area contributed by atoms with Crippen LogP contribution in [-0.4, -0.2) is 18.4 Å². The number of hydrogen-bond acceptors (Lipinski definition) is 3. The van der Waals surface area contributed by atoms with E-state index >= 15 is 0 Å². The molecule has 3 nitrogen and oxygen atoms in total. The van der Waals surface area contributed by atoms with E-state index in [1.807, 2.05) is 0 Å². The molecule has 0 aliphatic heterocycles. The summed E-state index contributed by atoms with van der Waals surface area (Å²) in [5.41, 5.74) is 1.53. The molecule has 0 radical (unpaired) electrons. The predicted molar refractivity (Wildman–Crippen MR) is 61.6 cm³/mol. The summed E-state index contributed by atoms with van der Waals surface area (Å²) in [6.45, 7) is 0. The van der Waals surface area contributed by atoms with Crippen LogP contribution in [0.1, 0.15) is 10.4 Å². The summed E-state index contributed by atoms with van der Waals surface area (Å²) in [5.74, 6) is 0.0825. The molecule has 0 atom stereocenters. The van der Waals surface area contributed by atoms with Crippen molar-refractivity contribution in [1.82, 2.24) is 4.98 Å². The van der Waals surface area contributed by atoms with E-state index in [0.717, 1.165) is 11.1 Å². The number of pyridine rings is 1. The molecular formula is C13H10FNO2. The van der Waals surface area contributed by atoms with Crippen LogP contribution in [0.4, 0.5) is 4.39 Å². The first-order valence-electron chi connectivity index (χ1n) is 4.98. The number of benzene rings is 1. The lowest BCUT2D eigenvalue weighted by atomic mass is 10.0. The summed E-state index contributed by atoms with van der Waals surface area (Å²) in [6, 6.07) is 6.12. The normalized spacial score (nSPS) is 10.0. The van der Waals surface area contributed by atoms with Crippen LogP contribution in [0.2, 0.25) is 0 Å². The molecule has 1 aromatic carbocycles. The third kappa shape index (κ3) is 2.30. The molecule has 0 unspecified atom stereocenters. The zero-order valence-corrected chi connectivity index (χ0v) is 9.18. The zero-order valence-electron chi connectivity index (χ0n) is 9.18. The van der Waals surface area contributed by atoms with E-state index in [2.05, 4.69) is 4.98 Å². The number of carbonyl (C=O) groups is 1. The number of aromatic nitrogens is 1. The second-order valence-corrected chi connectivity index (χ2v) is 3.47. The highest BCUT2D eigenvalue weighted by Crippen LogP contribution is 2.23. The summed E-state index contributed by atoms with van der Waals surface area (Å²) in [7, 11) is 1.54. The van der Waals surface area contributed by atoms with Crippen LogP contribution in [0.5, 0.6) is 5.75 Å². The first kappa shape index (κ1) is 11.3. The second kappa shape index (κ2) is 4.74. The second-order valence-electron chi connectivity index (χ2n) is 3.47. The molecule has 0 bridgehead atoms. The van der Waals surface area contributed by atoms with E-state index in [1.165, 1.54) is 12.1 Å². The molecule has 0 fully saturated rings. The van der Waals surface area contributed by atoms with Crippen molar-refractivity contribution < 1.29 is 13.9 Å². The predicted octanol–water partition coefficient (Wildman–Crippen LogP) is 2.71. The molecule has 2 aromatic rings. The van der Waals surface area contributed by atoms with Crippen molar-refractivity contribution in [3.63, 3.8) is 0 Å². The Morgan fingerprint density at radius 2 is 2.06 bits per heavy atom. The van der Waals surface area contributed by atoms with Crippen LogP contribution in [-0.2, 0) is 0 Å². The van der Waals surface area contributed by atoms with Crippen LogP contribution in [0.3, 0.4) is 0 Å². The van der Waals surface area contributed by atoms with E-state index in [-0.39, 0.29) is 5.56 Å². The van der Waals surface area contributed by atoms with Gasteiger partial charge in [0, 0.05) is 11.8 Å². The minimum absolute atomic E-state index is 0.0327. The van der Waals surface area contributed by atoms with E-state index in [0.29, 0.717) is 12.0 Å². The quantitative estimate of drug-likeness (QED) is 0.762. The molecule has 1 heterocycles. The van der Waals surface area contributed by atoms with E-state index in [9.17, 15) is 9.18 Å². The van der Waals surface area contributed by atoms with Crippen molar-refractivity contribution in [3.05, 3.63) is 48.0 Å². The van der Waals surface area contributed by atoms with Crippen molar-refractivity contribution in [3.8, 4) is 16.9 Å². The molecule has 0 saturated carbocycles. The summed E-state index contributed by atoms with van der Waals surface area (Å²) in [6.07, 6.45) is 3.70. The highest BCUT2D eigenvalue weighted by Gasteiger charge is 2.05. The van der Waals surface area contributed by atoms with Gasteiger partial charge in [0.05, 0.1) is 18.9 Å². The Kier molecular flexibility index (Phi) is 3.14. The van der Waals surface area contributed by atoms with Gasteiger partial charge in [-0.25, -0.2) is 4.39 Å². The van der Waals surface area contributed by atoms with Crippen LogP contribution in [0.15, 0.2) is 36.7 Å². The number of rotatable bonds is 3. The topological polar surface area (TPSA) is 39.2 Å². The van der Waals surface area contributed by atoms with Gasteiger partial charge in [0.15, 0.2) is 6.29 Å². The Labute approximate surface area is 97.9 Å². The maximum absolute atomic E-state index is 13.2. The number of aldehydes is 1. The minimum Gasteiger partial charge on any atom is -0.495 e. The standard InChI is InChI=1S/C13H10FNO2/c1-17-12-5-10(6-15-7-12)9-2-3-13(14)11(4-9)8-16/h2-8H,1H3. The summed E-state index contributed by atoms with van der Waals surface area (Å²) in [5, 5.41) is 0. The molecule has 0 amide bonds. The molecule has 0 aliphatic carbocycles. The fraction of sp³-hybridized carbons (Fsp3) is 0.0769. The van der Waals surface area contributed by atoms with Crippen molar-refractivity contribution in [1.29, 1.82) is 0 Å². The van der Waals surface area contributed by atoms with E-state index in [4.69, 9.17) is 4.74 Å². The molecule has 0 aliphatic rings. The van der Waals surface area contributed by atoms with Gasteiger partial charge in [-0.3, -0.25) is 9.78 Å². The van der Waals surface area contributed by atoms with E-state index in [1.54, 1.807) is 31.6 Å². The van der Waals surface area contributed by atoms with Gasteiger partial charge in [-0.1, -0.05) is 6.07 Å². The number of ether oxygens (including phenoxy) is 1. The Hall–Kier alpha value is -2.23. The third-order valence-electron chi connectivity index (χ3n) is 2.41. The van der Waals surface area contributed by atoms with Crippen LogP contribution >= 0.6 is 0 Å². The lowest BCUT2D eigenvalue weighted by molar-refractivity contribution is 0.112. The van der Waals surface area contributed by atoms with Gasteiger partial charge < -0.3 is 4.74 Å². The van der Waals surface area contributed by atoms with Crippen molar-refractivity contribution in [2.45, 2.75) is 0 Å². The molecule has 0 N–H and O–H groups in total. The van der Waals surface area contributed by atoms with E-state index < -0.39 is 5.82 Å². The summed E-state index contributed by atoms with van der Waals surface area (Å²) >= 11 is 0. The van der Waals surface area contributed by atoms with Gasteiger partial charge in [0.25, 0.3) is 0 Å². The van der Waals surface area contributed by atoms with Crippen molar-refractivity contribution in [2.24, 2.45) is 0 Å². The Morgan fingerprint density at radius 1 is 1.24 bits per heavy atom. The first-order valence-corrected chi connectivity index (χ1v) is 4.98. The maximum Gasteiger partial charge on any atom is 0.153 e. The molecule has 17 heavy (non-hydrogen) atoms. The molecular weight excluding hydrogens is 221 g/mol. The van der Waals surface area contributed by atoms with Gasteiger partial charge >= 0.3 is 0 Å². The number of halogens is 1. The number of methoxy groups -OCH3 is 1. The highest BCUT2D eigenvalue weighted by atomic mass is 19.1. The van der Waals surface area contributed by atoms with Crippen LogP contribution < -0.4 is 4.74 Å². The molecule has 86 valence electrons. The Balaban J connectivity index is 2.48. The summed E-state index contributed by atoms with van der Waals surface area (Å²) < 4.78 is 18.2. The fourth-order valence-electron chi connectivity index (χ4n) is 1.50. The number of carbonyl (C=O) groups excluding carboxylic acids is 1. The van der Waals surface area contributed by atoms with Crippen LogP contribution in [0, 0.1) is 5.82 Å². The third-order valence-corrected chi connectivity index (χ3v) is 2.41. The van der Waals surface area contributed by atoms with Crippen LogP contribution in [0.25, 0.3) is 11.1 Å². The molecule has 4 heteroatoms.